The first-order chi connectivity index (χ1) is 11.5. The molecule has 0 aliphatic carbocycles. The molecule has 122 valence electrons. The van der Waals surface area contributed by atoms with Gasteiger partial charge in [-0.05, 0) is 54.7 Å². The lowest BCUT2D eigenvalue weighted by Gasteiger charge is -2.08. The minimum absolute atomic E-state index is 0.130. The van der Waals surface area contributed by atoms with Crippen molar-refractivity contribution >= 4 is 51.6 Å². The van der Waals surface area contributed by atoms with Gasteiger partial charge in [-0.25, -0.2) is 4.98 Å². The van der Waals surface area contributed by atoms with E-state index >= 15 is 0 Å². The fraction of sp³-hybridized carbons (Fsp3) is 0.118. The first-order valence-electron chi connectivity index (χ1n) is 7.32. The molecule has 1 aromatic heterocycles. The maximum atomic E-state index is 11.3. The number of aromatic nitrogens is 1. The van der Waals surface area contributed by atoms with Gasteiger partial charge in [0.2, 0.25) is 11.8 Å². The Morgan fingerprint density at radius 2 is 2.00 bits per heavy atom. The average molecular weight is 360 g/mol. The number of halogens is 1. The van der Waals surface area contributed by atoms with Crippen molar-refractivity contribution in [3.05, 3.63) is 47.5 Å². The summed E-state index contributed by atoms with van der Waals surface area (Å²) in [4.78, 5) is 15.7. The second-order valence-corrected chi connectivity index (χ2v) is 5.91. The normalized spacial score (nSPS) is 10.6. The summed E-state index contributed by atoms with van der Waals surface area (Å²) in [5.41, 5.74) is 2.99. The maximum Gasteiger partial charge on any atom is 0.227 e. The predicted molar refractivity (Wildman–Crippen MR) is 99.1 cm³/mol. The molecule has 0 spiro atoms. The summed E-state index contributed by atoms with van der Waals surface area (Å²) >= 11 is 11.0. The highest BCUT2D eigenvalue weighted by Gasteiger charge is 2.09. The minimum Gasteiger partial charge on any atom is -0.436 e. The number of amides is 1. The molecule has 2 aromatic carbocycles. The molecule has 0 radical (unpaired) electrons. The van der Waals surface area contributed by atoms with Crippen molar-refractivity contribution in [3.63, 3.8) is 0 Å². The third-order valence-electron chi connectivity index (χ3n) is 3.31. The summed E-state index contributed by atoms with van der Waals surface area (Å²) in [6, 6.07) is 12.7. The fourth-order valence-electron chi connectivity index (χ4n) is 2.10. The van der Waals surface area contributed by atoms with Crippen molar-refractivity contribution in [2.75, 3.05) is 5.32 Å². The molecular formula is C17H14ClN3O2S. The molecule has 0 bridgehead atoms. The summed E-state index contributed by atoms with van der Waals surface area (Å²) in [6.07, 6.45) is 0.377. The van der Waals surface area contributed by atoms with Crippen LogP contribution in [0.1, 0.15) is 13.3 Å². The van der Waals surface area contributed by atoms with Gasteiger partial charge in [-0.3, -0.25) is 4.79 Å². The van der Waals surface area contributed by atoms with E-state index in [4.69, 9.17) is 28.2 Å². The van der Waals surface area contributed by atoms with Crippen molar-refractivity contribution in [1.82, 2.24) is 10.3 Å². The van der Waals surface area contributed by atoms with E-state index in [0.717, 1.165) is 11.3 Å². The van der Waals surface area contributed by atoms with E-state index < -0.39 is 0 Å². The molecule has 0 fully saturated rings. The monoisotopic (exact) mass is 359 g/mol. The maximum absolute atomic E-state index is 11.3. The van der Waals surface area contributed by atoms with E-state index in [1.54, 1.807) is 25.1 Å². The molecule has 0 aliphatic heterocycles. The van der Waals surface area contributed by atoms with E-state index in [9.17, 15) is 4.79 Å². The van der Waals surface area contributed by atoms with Gasteiger partial charge in [0.1, 0.15) is 5.52 Å². The van der Waals surface area contributed by atoms with E-state index in [1.807, 2.05) is 24.3 Å². The summed E-state index contributed by atoms with van der Waals surface area (Å²) < 4.78 is 5.72. The van der Waals surface area contributed by atoms with Gasteiger partial charge in [0, 0.05) is 22.7 Å². The molecule has 3 aromatic rings. The van der Waals surface area contributed by atoms with Crippen molar-refractivity contribution in [1.29, 1.82) is 0 Å². The molecule has 1 heterocycles. The van der Waals surface area contributed by atoms with Gasteiger partial charge in [-0.2, -0.15) is 0 Å². The SMILES string of the molecule is CCC(=O)NC(=S)Nc1ccc(-c2nc3cc(Cl)ccc3o2)cc1. The Hall–Kier alpha value is -2.44. The van der Waals surface area contributed by atoms with Crippen LogP contribution in [0.2, 0.25) is 5.02 Å². The molecule has 0 atom stereocenters. The smallest absolute Gasteiger partial charge is 0.227 e. The van der Waals surface area contributed by atoms with Crippen LogP contribution in [0.15, 0.2) is 46.9 Å². The van der Waals surface area contributed by atoms with Gasteiger partial charge in [0.25, 0.3) is 0 Å². The lowest BCUT2D eigenvalue weighted by atomic mass is 10.2. The van der Waals surface area contributed by atoms with E-state index in [2.05, 4.69) is 15.6 Å². The van der Waals surface area contributed by atoms with E-state index in [0.29, 0.717) is 28.4 Å². The predicted octanol–water partition coefficient (Wildman–Crippen LogP) is 4.37. The van der Waals surface area contributed by atoms with Crippen LogP contribution in [0.5, 0.6) is 0 Å². The standard InChI is InChI=1S/C17H14ClN3O2S/c1-2-15(22)21-17(24)19-12-6-3-10(4-7-12)16-20-13-9-11(18)5-8-14(13)23-16/h3-9H,2H2,1H3,(H2,19,21,22,24). The highest BCUT2D eigenvalue weighted by Crippen LogP contribution is 2.27. The molecule has 0 saturated heterocycles. The number of carbonyl (C=O) groups excluding carboxylic acids is 1. The van der Waals surface area contributed by atoms with Crippen molar-refractivity contribution < 1.29 is 9.21 Å². The summed E-state index contributed by atoms with van der Waals surface area (Å²) in [5, 5.41) is 6.42. The number of anilines is 1. The van der Waals surface area contributed by atoms with E-state index in [-0.39, 0.29) is 11.0 Å². The topological polar surface area (TPSA) is 67.2 Å². The Labute approximate surface area is 149 Å². The molecule has 7 heteroatoms. The summed E-state index contributed by atoms with van der Waals surface area (Å²) in [7, 11) is 0. The lowest BCUT2D eigenvalue weighted by Crippen LogP contribution is -2.33. The molecule has 1 amide bonds. The largest absolute Gasteiger partial charge is 0.436 e. The number of oxazole rings is 1. The lowest BCUT2D eigenvalue weighted by molar-refractivity contribution is -0.119. The number of hydrogen-bond acceptors (Lipinski definition) is 4. The molecule has 0 unspecified atom stereocenters. The summed E-state index contributed by atoms with van der Waals surface area (Å²) in [6.45, 7) is 1.76. The number of fused-ring (bicyclic) bond motifs is 1. The Kier molecular flexibility index (Phi) is 4.78. The van der Waals surface area contributed by atoms with Crippen LogP contribution in [0.3, 0.4) is 0 Å². The third-order valence-corrected chi connectivity index (χ3v) is 3.75. The third kappa shape index (κ3) is 3.72. The fourth-order valence-corrected chi connectivity index (χ4v) is 2.50. The number of benzene rings is 2. The van der Waals surface area contributed by atoms with Crippen LogP contribution < -0.4 is 10.6 Å². The number of nitrogens with one attached hydrogen (secondary N) is 2. The quantitative estimate of drug-likeness (QED) is 0.679. The molecule has 0 saturated carbocycles. The number of nitrogens with zero attached hydrogens (tertiary/aromatic N) is 1. The van der Waals surface area contributed by atoms with Gasteiger partial charge in [-0.1, -0.05) is 18.5 Å². The molecular weight excluding hydrogens is 346 g/mol. The summed E-state index contributed by atoms with van der Waals surface area (Å²) in [5.74, 6) is 0.384. The van der Waals surface area contributed by atoms with Crippen LogP contribution in [0, 0.1) is 0 Å². The number of rotatable bonds is 3. The average Bonchev–Trinajstić information content (AvgIpc) is 2.98. The number of carbonyl (C=O) groups is 1. The van der Waals surface area contributed by atoms with Crippen molar-refractivity contribution in [3.8, 4) is 11.5 Å². The molecule has 2 N–H and O–H groups in total. The Morgan fingerprint density at radius 3 is 2.71 bits per heavy atom. The zero-order valence-electron chi connectivity index (χ0n) is 12.8. The first-order valence-corrected chi connectivity index (χ1v) is 8.11. The van der Waals surface area contributed by atoms with Gasteiger partial charge in [-0.15, -0.1) is 0 Å². The van der Waals surface area contributed by atoms with Gasteiger partial charge < -0.3 is 15.1 Å². The second kappa shape index (κ2) is 6.98. The molecule has 5 nitrogen and oxygen atoms in total. The number of thiocarbonyl (C=S) groups is 1. The minimum atomic E-state index is -0.130. The zero-order valence-corrected chi connectivity index (χ0v) is 14.4. The van der Waals surface area contributed by atoms with Crippen LogP contribution in [0.25, 0.3) is 22.6 Å². The Bertz CT molecular complexity index is 906. The Balaban J connectivity index is 1.75. The van der Waals surface area contributed by atoms with Gasteiger partial charge in [0.05, 0.1) is 0 Å². The molecule has 24 heavy (non-hydrogen) atoms. The van der Waals surface area contributed by atoms with Gasteiger partial charge >= 0.3 is 0 Å². The molecule has 0 aliphatic rings. The van der Waals surface area contributed by atoms with Crippen molar-refractivity contribution in [2.45, 2.75) is 13.3 Å². The highest BCUT2D eigenvalue weighted by molar-refractivity contribution is 7.80. The highest BCUT2D eigenvalue weighted by atomic mass is 35.5. The van der Waals surface area contributed by atoms with E-state index in [1.165, 1.54) is 0 Å². The second-order valence-electron chi connectivity index (χ2n) is 5.06. The van der Waals surface area contributed by atoms with Crippen LogP contribution >= 0.6 is 23.8 Å². The first kappa shape index (κ1) is 16.4. The van der Waals surface area contributed by atoms with Crippen LogP contribution in [-0.2, 0) is 4.79 Å². The van der Waals surface area contributed by atoms with Crippen LogP contribution in [-0.4, -0.2) is 16.0 Å². The van der Waals surface area contributed by atoms with Gasteiger partial charge in [0.15, 0.2) is 10.7 Å². The van der Waals surface area contributed by atoms with Crippen LogP contribution in [0.4, 0.5) is 5.69 Å². The zero-order chi connectivity index (χ0) is 17.1. The number of hydrogen-bond donors (Lipinski definition) is 2. The Morgan fingerprint density at radius 1 is 1.25 bits per heavy atom. The van der Waals surface area contributed by atoms with Crippen molar-refractivity contribution in [2.24, 2.45) is 0 Å². The molecule has 3 rings (SSSR count).